The Balaban J connectivity index is 2.12. The minimum atomic E-state index is -3.40. The van der Waals surface area contributed by atoms with Crippen LogP contribution in [0.15, 0.2) is 0 Å². The molecule has 20 heavy (non-hydrogen) atoms. The normalized spacial score (nSPS) is 35.9. The zero-order valence-electron chi connectivity index (χ0n) is 12.7. The van der Waals surface area contributed by atoms with E-state index in [-0.39, 0.29) is 24.1 Å². The van der Waals surface area contributed by atoms with Crippen molar-refractivity contribution < 1.29 is 13.2 Å². The predicted molar refractivity (Wildman–Crippen MR) is 78.4 cm³/mol. The summed E-state index contributed by atoms with van der Waals surface area (Å²) in [4.78, 5) is 0. The van der Waals surface area contributed by atoms with E-state index in [0.29, 0.717) is 26.2 Å². The van der Waals surface area contributed by atoms with Gasteiger partial charge in [0.05, 0.1) is 12.7 Å². The Hall–Kier alpha value is -0.210. The fourth-order valence-electron chi connectivity index (χ4n) is 2.96. The van der Waals surface area contributed by atoms with Gasteiger partial charge in [-0.3, -0.25) is 0 Å². The van der Waals surface area contributed by atoms with Crippen molar-refractivity contribution in [1.29, 1.82) is 0 Å². The lowest BCUT2D eigenvalue weighted by atomic mass is 9.93. The summed E-state index contributed by atoms with van der Waals surface area (Å²) in [5.74, 6) is 0.257. The van der Waals surface area contributed by atoms with Gasteiger partial charge in [-0.2, -0.15) is 17.0 Å². The van der Waals surface area contributed by atoms with Crippen LogP contribution in [0, 0.1) is 5.92 Å². The van der Waals surface area contributed by atoms with Gasteiger partial charge in [0.2, 0.25) is 0 Å². The molecule has 4 atom stereocenters. The Morgan fingerprint density at radius 1 is 1.30 bits per heavy atom. The van der Waals surface area contributed by atoms with Crippen molar-refractivity contribution >= 4 is 10.2 Å². The van der Waals surface area contributed by atoms with Crippen molar-refractivity contribution in [2.45, 2.75) is 51.8 Å². The SMILES string of the molecule is C[C@@H]1CN(S(=O)(=O)N2CCC[C@H]([C@H](C)N)C2)[C@@H](C)CO1. The Morgan fingerprint density at radius 2 is 2.00 bits per heavy atom. The molecular formula is C13H27N3O3S. The first-order valence-corrected chi connectivity index (χ1v) is 8.86. The maximum atomic E-state index is 12.8. The molecule has 0 spiro atoms. The molecule has 6 nitrogen and oxygen atoms in total. The van der Waals surface area contributed by atoms with Gasteiger partial charge in [0.1, 0.15) is 0 Å². The van der Waals surface area contributed by atoms with Crippen LogP contribution in [0.4, 0.5) is 0 Å². The van der Waals surface area contributed by atoms with Gasteiger partial charge in [-0.15, -0.1) is 0 Å². The molecule has 0 aromatic heterocycles. The zero-order chi connectivity index (χ0) is 14.9. The number of nitrogens with zero attached hydrogens (tertiary/aromatic N) is 2. The van der Waals surface area contributed by atoms with Crippen LogP contribution in [-0.2, 0) is 14.9 Å². The average molecular weight is 305 g/mol. The number of ether oxygens (including phenoxy) is 1. The Morgan fingerprint density at radius 3 is 2.65 bits per heavy atom. The topological polar surface area (TPSA) is 75.9 Å². The van der Waals surface area contributed by atoms with Crippen molar-refractivity contribution in [2.24, 2.45) is 11.7 Å². The molecule has 0 bridgehead atoms. The van der Waals surface area contributed by atoms with E-state index in [0.717, 1.165) is 12.8 Å². The first-order chi connectivity index (χ1) is 9.32. The second-order valence-electron chi connectivity index (χ2n) is 6.19. The molecular weight excluding hydrogens is 278 g/mol. The summed E-state index contributed by atoms with van der Waals surface area (Å²) in [5.41, 5.74) is 5.95. The predicted octanol–water partition coefficient (Wildman–Crippen LogP) is 0.400. The van der Waals surface area contributed by atoms with Crippen LogP contribution in [0.3, 0.4) is 0 Å². The molecule has 0 aromatic rings. The number of hydrogen-bond acceptors (Lipinski definition) is 4. The number of hydrogen-bond donors (Lipinski definition) is 1. The first-order valence-electron chi connectivity index (χ1n) is 7.46. The summed E-state index contributed by atoms with van der Waals surface area (Å²) >= 11 is 0. The molecule has 2 rings (SSSR count). The lowest BCUT2D eigenvalue weighted by Crippen LogP contribution is -2.57. The first kappa shape index (κ1) is 16.2. The number of nitrogens with two attached hydrogens (primary N) is 1. The van der Waals surface area contributed by atoms with Gasteiger partial charge in [-0.05, 0) is 39.5 Å². The van der Waals surface area contributed by atoms with Crippen molar-refractivity contribution in [3.05, 3.63) is 0 Å². The molecule has 0 amide bonds. The van der Waals surface area contributed by atoms with E-state index in [2.05, 4.69) is 0 Å². The molecule has 2 aliphatic heterocycles. The number of morpholine rings is 1. The van der Waals surface area contributed by atoms with Gasteiger partial charge >= 0.3 is 0 Å². The van der Waals surface area contributed by atoms with Gasteiger partial charge in [-0.25, -0.2) is 0 Å². The van der Waals surface area contributed by atoms with E-state index >= 15 is 0 Å². The Labute approximate surface area is 122 Å². The van der Waals surface area contributed by atoms with Crippen LogP contribution in [0.2, 0.25) is 0 Å². The van der Waals surface area contributed by atoms with Gasteiger partial charge in [0, 0.05) is 31.7 Å². The van der Waals surface area contributed by atoms with Crippen LogP contribution in [0.5, 0.6) is 0 Å². The van der Waals surface area contributed by atoms with Crippen LogP contribution in [0.1, 0.15) is 33.6 Å². The third-order valence-electron chi connectivity index (χ3n) is 4.34. The largest absolute Gasteiger partial charge is 0.375 e. The summed E-state index contributed by atoms with van der Waals surface area (Å²) in [7, 11) is -3.40. The lowest BCUT2D eigenvalue weighted by molar-refractivity contribution is -0.0195. The maximum absolute atomic E-state index is 12.8. The highest BCUT2D eigenvalue weighted by atomic mass is 32.2. The summed E-state index contributed by atoms with van der Waals surface area (Å²) in [5, 5.41) is 0. The smallest absolute Gasteiger partial charge is 0.282 e. The molecule has 2 saturated heterocycles. The molecule has 0 aliphatic carbocycles. The monoisotopic (exact) mass is 305 g/mol. The van der Waals surface area contributed by atoms with Gasteiger partial charge in [0.15, 0.2) is 0 Å². The second kappa shape index (κ2) is 6.27. The molecule has 0 unspecified atom stereocenters. The van der Waals surface area contributed by atoms with Crippen LogP contribution in [-0.4, -0.2) is 61.5 Å². The second-order valence-corrected chi connectivity index (χ2v) is 8.07. The van der Waals surface area contributed by atoms with Gasteiger partial charge < -0.3 is 10.5 Å². The Kier molecular flexibility index (Phi) is 5.07. The summed E-state index contributed by atoms with van der Waals surface area (Å²) in [6, 6.07) is -0.0686. The van der Waals surface area contributed by atoms with Crippen molar-refractivity contribution in [1.82, 2.24) is 8.61 Å². The van der Waals surface area contributed by atoms with Crippen LogP contribution < -0.4 is 5.73 Å². The van der Waals surface area contributed by atoms with Gasteiger partial charge in [-0.1, -0.05) is 0 Å². The fourth-order valence-corrected chi connectivity index (χ4v) is 4.91. The fraction of sp³-hybridized carbons (Fsp3) is 1.00. The van der Waals surface area contributed by atoms with Crippen LogP contribution >= 0.6 is 0 Å². The zero-order valence-corrected chi connectivity index (χ0v) is 13.5. The van der Waals surface area contributed by atoms with E-state index in [9.17, 15) is 8.42 Å². The minimum absolute atomic E-state index is 0.0361. The molecule has 0 saturated carbocycles. The number of rotatable bonds is 3. The third-order valence-corrected chi connectivity index (χ3v) is 6.42. The molecule has 2 fully saturated rings. The highest BCUT2D eigenvalue weighted by Gasteiger charge is 2.39. The molecule has 7 heteroatoms. The van der Waals surface area contributed by atoms with E-state index in [1.807, 2.05) is 20.8 Å². The van der Waals surface area contributed by atoms with E-state index in [4.69, 9.17) is 10.5 Å². The molecule has 0 radical (unpaired) electrons. The molecule has 0 aromatic carbocycles. The maximum Gasteiger partial charge on any atom is 0.282 e. The van der Waals surface area contributed by atoms with Crippen molar-refractivity contribution in [3.8, 4) is 0 Å². The molecule has 118 valence electrons. The summed E-state index contributed by atoms with van der Waals surface area (Å²) in [6.07, 6.45) is 1.85. The number of piperidine rings is 1. The summed E-state index contributed by atoms with van der Waals surface area (Å²) < 4.78 is 34.4. The molecule has 2 N–H and O–H groups in total. The van der Waals surface area contributed by atoms with E-state index < -0.39 is 10.2 Å². The van der Waals surface area contributed by atoms with E-state index in [1.165, 1.54) is 0 Å². The molecule has 2 heterocycles. The Bertz CT molecular complexity index is 427. The highest BCUT2D eigenvalue weighted by Crippen LogP contribution is 2.25. The van der Waals surface area contributed by atoms with Crippen LogP contribution in [0.25, 0.3) is 0 Å². The van der Waals surface area contributed by atoms with E-state index in [1.54, 1.807) is 8.61 Å². The summed E-state index contributed by atoms with van der Waals surface area (Å²) in [6.45, 7) is 7.81. The quantitative estimate of drug-likeness (QED) is 0.819. The minimum Gasteiger partial charge on any atom is -0.375 e. The van der Waals surface area contributed by atoms with Gasteiger partial charge in [0.25, 0.3) is 10.2 Å². The standard InChI is InChI=1S/C13H27N3O3S/c1-10-9-19-11(2)7-16(10)20(17,18)15-6-4-5-13(8-15)12(3)14/h10-13H,4-9,14H2,1-3H3/t10-,11+,12-,13-/m0/s1. The average Bonchev–Trinajstić information content (AvgIpc) is 2.41. The highest BCUT2D eigenvalue weighted by molar-refractivity contribution is 7.86. The van der Waals surface area contributed by atoms with Crippen molar-refractivity contribution in [3.63, 3.8) is 0 Å². The molecule has 2 aliphatic rings. The lowest BCUT2D eigenvalue weighted by Gasteiger charge is -2.41. The van der Waals surface area contributed by atoms with Crippen molar-refractivity contribution in [2.75, 3.05) is 26.2 Å². The third kappa shape index (κ3) is 3.33.